The summed E-state index contributed by atoms with van der Waals surface area (Å²) in [4.78, 5) is 17.5. The average Bonchev–Trinajstić information content (AvgIpc) is 2.63. The number of halogens is 1. The average molecular weight is 375 g/mol. The van der Waals surface area contributed by atoms with Gasteiger partial charge in [0, 0.05) is 5.69 Å². The smallest absolute Gasteiger partial charge is 0.261 e. The molecule has 0 aliphatic heterocycles. The van der Waals surface area contributed by atoms with Crippen molar-refractivity contribution in [3.63, 3.8) is 0 Å². The Morgan fingerprint density at radius 3 is 2.27 bits per heavy atom. The first-order valence-corrected chi connectivity index (χ1v) is 9.53. The van der Waals surface area contributed by atoms with Gasteiger partial charge < -0.3 is 10.1 Å². The van der Waals surface area contributed by atoms with Crippen molar-refractivity contribution in [1.82, 2.24) is 4.98 Å². The first-order valence-electron chi connectivity index (χ1n) is 9.16. The maximum absolute atomic E-state index is 13.1. The number of nitrogens with zero attached hydrogens (tertiary/aromatic N) is 1. The fourth-order valence-corrected chi connectivity index (χ4v) is 3.17. The van der Waals surface area contributed by atoms with E-state index in [1.54, 1.807) is 0 Å². The predicted octanol–water partition coefficient (Wildman–Crippen LogP) is 5.52. The van der Waals surface area contributed by atoms with E-state index in [-0.39, 0.29) is 5.91 Å². The van der Waals surface area contributed by atoms with Crippen molar-refractivity contribution in [1.29, 1.82) is 0 Å². The highest BCUT2D eigenvalue weighted by atomic mass is 35.5. The van der Waals surface area contributed by atoms with Gasteiger partial charge in [0.2, 0.25) is 0 Å². The van der Waals surface area contributed by atoms with Crippen molar-refractivity contribution in [3.05, 3.63) is 51.3 Å². The Labute approximate surface area is 160 Å². The zero-order chi connectivity index (χ0) is 19.3. The monoisotopic (exact) mass is 374 g/mol. The molecule has 1 aromatic carbocycles. The molecular weight excluding hydrogens is 348 g/mol. The maximum atomic E-state index is 13.1. The van der Waals surface area contributed by atoms with E-state index in [4.69, 9.17) is 16.3 Å². The van der Waals surface area contributed by atoms with Crippen LogP contribution in [0.3, 0.4) is 0 Å². The molecule has 4 nitrogen and oxygen atoms in total. The number of anilines is 1. The van der Waals surface area contributed by atoms with Crippen LogP contribution >= 0.6 is 11.6 Å². The Bertz CT molecular complexity index is 781. The molecular formula is C21H27ClN2O2. The van der Waals surface area contributed by atoms with Crippen molar-refractivity contribution in [2.45, 2.75) is 53.9 Å². The fourth-order valence-electron chi connectivity index (χ4n) is 2.98. The first-order chi connectivity index (χ1) is 12.4. The zero-order valence-electron chi connectivity index (χ0n) is 16.2. The number of aryl methyl sites for hydroxylation is 4. The van der Waals surface area contributed by atoms with Gasteiger partial charge in [0.05, 0.1) is 18.0 Å². The number of nitrogens with one attached hydrogen (secondary N) is 1. The van der Waals surface area contributed by atoms with Crippen molar-refractivity contribution in [2.24, 2.45) is 0 Å². The van der Waals surface area contributed by atoms with Gasteiger partial charge in [-0.15, -0.1) is 0 Å². The summed E-state index contributed by atoms with van der Waals surface area (Å²) >= 11 is 6.40. The molecule has 2 aromatic rings. The second kappa shape index (κ2) is 9.04. The molecule has 0 saturated carbocycles. The maximum Gasteiger partial charge on any atom is 0.261 e. The molecule has 26 heavy (non-hydrogen) atoms. The number of para-hydroxylation sites is 1. The van der Waals surface area contributed by atoms with Crippen LogP contribution in [-0.4, -0.2) is 17.5 Å². The van der Waals surface area contributed by atoms with E-state index in [1.165, 1.54) is 0 Å². The number of amides is 1. The van der Waals surface area contributed by atoms with Crippen LogP contribution in [0.1, 0.15) is 60.1 Å². The Morgan fingerprint density at radius 2 is 1.73 bits per heavy atom. The lowest BCUT2D eigenvalue weighted by atomic mass is 10.0. The van der Waals surface area contributed by atoms with Crippen LogP contribution < -0.4 is 10.1 Å². The van der Waals surface area contributed by atoms with E-state index in [0.717, 1.165) is 36.1 Å². The Kier molecular flexibility index (Phi) is 7.04. The summed E-state index contributed by atoms with van der Waals surface area (Å²) in [6.45, 7) is 10.3. The number of hydrogen-bond donors (Lipinski definition) is 1. The third-order valence-corrected chi connectivity index (χ3v) is 4.80. The van der Waals surface area contributed by atoms with Crippen LogP contribution in [-0.2, 0) is 12.8 Å². The quantitative estimate of drug-likeness (QED) is 0.694. The molecule has 0 aliphatic rings. The third kappa shape index (κ3) is 4.18. The van der Waals surface area contributed by atoms with E-state index in [1.807, 2.05) is 39.0 Å². The summed E-state index contributed by atoms with van der Waals surface area (Å²) in [6, 6.07) is 6.10. The number of aromatic nitrogens is 1. The van der Waals surface area contributed by atoms with Crippen LogP contribution in [0.2, 0.25) is 5.02 Å². The van der Waals surface area contributed by atoms with E-state index >= 15 is 0 Å². The van der Waals surface area contributed by atoms with E-state index in [0.29, 0.717) is 34.3 Å². The van der Waals surface area contributed by atoms with Gasteiger partial charge in [0.25, 0.3) is 5.91 Å². The van der Waals surface area contributed by atoms with Crippen molar-refractivity contribution >= 4 is 23.2 Å². The number of carbonyl (C=O) groups is 1. The highest BCUT2D eigenvalue weighted by molar-refractivity contribution is 6.33. The third-order valence-electron chi connectivity index (χ3n) is 4.36. The molecule has 1 amide bonds. The summed E-state index contributed by atoms with van der Waals surface area (Å²) in [5.74, 6) is 0.182. The molecule has 1 heterocycles. The molecule has 0 unspecified atom stereocenters. The number of carbonyl (C=O) groups excluding carboxylic acids is 1. The predicted molar refractivity (Wildman–Crippen MR) is 108 cm³/mol. The minimum Gasteiger partial charge on any atom is -0.491 e. The van der Waals surface area contributed by atoms with Gasteiger partial charge in [-0.25, -0.2) is 0 Å². The van der Waals surface area contributed by atoms with Gasteiger partial charge in [-0.3, -0.25) is 9.78 Å². The van der Waals surface area contributed by atoms with Gasteiger partial charge in [-0.2, -0.15) is 0 Å². The van der Waals surface area contributed by atoms with Gasteiger partial charge >= 0.3 is 0 Å². The Hall–Kier alpha value is -2.07. The molecule has 2 rings (SSSR count). The molecule has 140 valence electrons. The van der Waals surface area contributed by atoms with E-state index in [9.17, 15) is 4.79 Å². The van der Waals surface area contributed by atoms with Gasteiger partial charge in [0.15, 0.2) is 5.75 Å². The van der Waals surface area contributed by atoms with Crippen LogP contribution in [0, 0.1) is 13.8 Å². The summed E-state index contributed by atoms with van der Waals surface area (Å²) in [7, 11) is 0. The molecule has 1 N–H and O–H groups in total. The van der Waals surface area contributed by atoms with Crippen molar-refractivity contribution < 1.29 is 9.53 Å². The van der Waals surface area contributed by atoms with Crippen molar-refractivity contribution in [3.8, 4) is 5.75 Å². The first kappa shape index (κ1) is 20.2. The summed E-state index contributed by atoms with van der Waals surface area (Å²) in [5, 5.41) is 3.48. The molecule has 0 saturated heterocycles. The number of pyridine rings is 1. The number of rotatable bonds is 7. The van der Waals surface area contributed by atoms with Crippen LogP contribution in [0.15, 0.2) is 18.2 Å². The van der Waals surface area contributed by atoms with Crippen LogP contribution in [0.25, 0.3) is 0 Å². The molecule has 0 spiro atoms. The minimum atomic E-state index is -0.237. The van der Waals surface area contributed by atoms with Crippen molar-refractivity contribution in [2.75, 3.05) is 11.9 Å². The summed E-state index contributed by atoms with van der Waals surface area (Å²) in [6.07, 6.45) is 2.51. The molecule has 0 atom stereocenters. The largest absolute Gasteiger partial charge is 0.491 e. The lowest BCUT2D eigenvalue weighted by molar-refractivity contribution is 0.102. The molecule has 0 aliphatic carbocycles. The molecule has 0 fully saturated rings. The van der Waals surface area contributed by atoms with Gasteiger partial charge in [-0.05, 0) is 44.2 Å². The molecule has 1 aromatic heterocycles. The number of benzene rings is 1. The second-order valence-electron chi connectivity index (χ2n) is 6.26. The van der Waals surface area contributed by atoms with Gasteiger partial charge in [-0.1, -0.05) is 50.6 Å². The lowest BCUT2D eigenvalue weighted by Crippen LogP contribution is -2.19. The molecule has 0 radical (unpaired) electrons. The fraction of sp³-hybridized carbons (Fsp3) is 0.429. The normalized spacial score (nSPS) is 10.7. The number of ether oxygens (including phenoxy) is 1. The molecule has 0 bridgehead atoms. The number of hydrogen-bond acceptors (Lipinski definition) is 3. The standard InChI is InChI=1S/C21H27ClN2O2/c1-6-12-26-20-17(13(4)23-14(5)18(20)22)21(25)24-19-15(7-2)10-9-11-16(19)8-3/h9-11H,6-8,12H2,1-5H3,(H,24,25). The van der Waals surface area contributed by atoms with E-state index in [2.05, 4.69) is 24.1 Å². The van der Waals surface area contributed by atoms with Gasteiger partial charge in [0.1, 0.15) is 10.6 Å². The SMILES string of the molecule is CCCOc1c(Cl)c(C)nc(C)c1C(=O)Nc1c(CC)cccc1CC. The topological polar surface area (TPSA) is 51.2 Å². The lowest BCUT2D eigenvalue weighted by Gasteiger charge is -2.18. The summed E-state index contributed by atoms with van der Waals surface area (Å²) in [5.41, 5.74) is 4.77. The van der Waals surface area contributed by atoms with Crippen LogP contribution in [0.5, 0.6) is 5.75 Å². The molecule has 5 heteroatoms. The Balaban J connectivity index is 2.50. The highest BCUT2D eigenvalue weighted by Crippen LogP contribution is 2.34. The second-order valence-corrected chi connectivity index (χ2v) is 6.64. The zero-order valence-corrected chi connectivity index (χ0v) is 17.0. The minimum absolute atomic E-state index is 0.237. The highest BCUT2D eigenvalue weighted by Gasteiger charge is 2.23. The summed E-state index contributed by atoms with van der Waals surface area (Å²) < 4.78 is 5.82. The van der Waals surface area contributed by atoms with E-state index < -0.39 is 0 Å². The van der Waals surface area contributed by atoms with Crippen LogP contribution in [0.4, 0.5) is 5.69 Å². The Morgan fingerprint density at radius 1 is 1.12 bits per heavy atom.